The predicted molar refractivity (Wildman–Crippen MR) is 140 cm³/mol. The molecular weight excluding hydrogens is 470 g/mol. The smallest absolute Gasteiger partial charge is 0.269 e. The molecule has 2 heterocycles. The lowest BCUT2D eigenvalue weighted by molar-refractivity contribution is -0.698. The fraction of sp³-hybridized carbons (Fsp3) is 0.207. The number of para-hydroxylation sites is 2. The summed E-state index contributed by atoms with van der Waals surface area (Å²) in [6, 6.07) is 22.5. The first kappa shape index (κ1) is 23.9. The molecule has 5 rings (SSSR count). The van der Waals surface area contributed by atoms with Crippen molar-refractivity contribution < 1.29 is 15.2 Å². The summed E-state index contributed by atoms with van der Waals surface area (Å²) in [5.41, 5.74) is 3.99. The number of carbonyl (C=O) groups excluding carboxylic acids is 1. The summed E-state index contributed by atoms with van der Waals surface area (Å²) < 4.78 is 2.69. The van der Waals surface area contributed by atoms with Gasteiger partial charge in [-0.25, -0.2) is 0 Å². The van der Waals surface area contributed by atoms with Gasteiger partial charge in [-0.2, -0.15) is 0 Å². The summed E-state index contributed by atoms with van der Waals surface area (Å²) in [6.07, 6.45) is 0.978. The summed E-state index contributed by atoms with van der Waals surface area (Å²) in [6.45, 7) is 4.59. The van der Waals surface area contributed by atoms with Gasteiger partial charge < -0.3 is 10.4 Å². The van der Waals surface area contributed by atoms with Gasteiger partial charge in [0.15, 0.2) is 10.6 Å². The van der Waals surface area contributed by atoms with Crippen molar-refractivity contribution >= 4 is 18.0 Å². The van der Waals surface area contributed by atoms with Crippen molar-refractivity contribution in [3.8, 4) is 17.3 Å². The molecule has 0 amide bonds. The first-order valence-electron chi connectivity index (χ1n) is 12.0. The van der Waals surface area contributed by atoms with Crippen molar-refractivity contribution in [1.29, 1.82) is 0 Å². The van der Waals surface area contributed by atoms with E-state index in [1.54, 1.807) is 12.1 Å². The Morgan fingerprint density at radius 2 is 1.53 bits per heavy atom. The third kappa shape index (κ3) is 4.10. The first-order chi connectivity index (χ1) is 17.4. The zero-order valence-corrected chi connectivity index (χ0v) is 21.0. The Morgan fingerprint density at radius 1 is 0.944 bits per heavy atom. The van der Waals surface area contributed by atoms with Crippen LogP contribution in [-0.2, 0) is 6.42 Å². The molecule has 0 radical (unpaired) electrons. The number of hydrogen-bond acceptors (Lipinski definition) is 4. The van der Waals surface area contributed by atoms with E-state index in [0.717, 1.165) is 29.7 Å². The molecule has 7 heteroatoms. The number of aryl methyl sites for hydroxylation is 2. The fourth-order valence-electron chi connectivity index (χ4n) is 5.07. The number of nitrogens with two attached hydrogens (primary N) is 1. The van der Waals surface area contributed by atoms with Crippen LogP contribution in [-0.4, -0.2) is 21.5 Å². The average molecular weight is 498 g/mol. The van der Waals surface area contributed by atoms with Crippen LogP contribution >= 0.6 is 12.2 Å². The number of ketones is 1. The Hall–Kier alpha value is -3.81. The molecule has 0 spiro atoms. The molecule has 0 bridgehead atoms. The standard InChI is InChI=1S/C29H27N3O3S/c1-18-9-3-7-13-23(18)31-27(34)26(28(35)32(29(31)36)24-14-8-4-10-19(24)2)25(33)17-22-21-12-6-5-11-20(21)15-16-30-22/h3-14,22,30,34H,15-17H2,1-2H3. The summed E-state index contributed by atoms with van der Waals surface area (Å²) >= 11 is 5.72. The maximum absolute atomic E-state index is 13.8. The molecule has 182 valence electrons. The van der Waals surface area contributed by atoms with E-state index in [-0.39, 0.29) is 22.8 Å². The molecule has 1 aliphatic heterocycles. The number of aromatic nitrogens is 2. The van der Waals surface area contributed by atoms with Crippen molar-refractivity contribution in [2.45, 2.75) is 32.7 Å². The van der Waals surface area contributed by atoms with E-state index >= 15 is 0 Å². The minimum absolute atomic E-state index is 0.0414. The molecule has 1 aliphatic rings. The molecule has 0 saturated heterocycles. The van der Waals surface area contributed by atoms with Gasteiger partial charge in [0.2, 0.25) is 0 Å². The van der Waals surface area contributed by atoms with Gasteiger partial charge in [-0.05, 0) is 60.8 Å². The van der Waals surface area contributed by atoms with Crippen LogP contribution in [0.25, 0.3) is 11.4 Å². The van der Waals surface area contributed by atoms with Gasteiger partial charge in [0, 0.05) is 17.7 Å². The SMILES string of the molecule is Cc1ccccc1-n1c([O-])c(C(=O)CC2[NH2+]CCc3ccccc32)c(=O)n(-c2ccccc2C)c1=S. The van der Waals surface area contributed by atoms with Crippen LogP contribution in [0.1, 0.15) is 45.1 Å². The first-order valence-corrected chi connectivity index (χ1v) is 12.4. The molecule has 4 aromatic rings. The Labute approximate surface area is 214 Å². The lowest BCUT2D eigenvalue weighted by atomic mass is 9.90. The summed E-state index contributed by atoms with van der Waals surface area (Å²) in [4.78, 5) is 27.5. The number of fused-ring (bicyclic) bond motifs is 1. The fourth-order valence-corrected chi connectivity index (χ4v) is 5.43. The van der Waals surface area contributed by atoms with Gasteiger partial charge in [0.05, 0.1) is 24.2 Å². The largest absolute Gasteiger partial charge is 0.859 e. The Morgan fingerprint density at radius 3 is 2.19 bits per heavy atom. The highest BCUT2D eigenvalue weighted by Crippen LogP contribution is 2.27. The molecule has 0 saturated carbocycles. The van der Waals surface area contributed by atoms with Crippen molar-refractivity contribution in [2.24, 2.45) is 0 Å². The minimum Gasteiger partial charge on any atom is -0.859 e. The predicted octanol–water partition coefficient (Wildman–Crippen LogP) is 3.48. The number of carbonyl (C=O) groups is 1. The zero-order chi connectivity index (χ0) is 25.4. The quantitative estimate of drug-likeness (QED) is 0.338. The lowest BCUT2D eigenvalue weighted by Gasteiger charge is -2.26. The van der Waals surface area contributed by atoms with Crippen LogP contribution < -0.4 is 16.0 Å². The summed E-state index contributed by atoms with van der Waals surface area (Å²) in [7, 11) is 0. The van der Waals surface area contributed by atoms with E-state index < -0.39 is 17.2 Å². The maximum atomic E-state index is 13.8. The van der Waals surface area contributed by atoms with E-state index in [4.69, 9.17) is 12.2 Å². The third-order valence-corrected chi connectivity index (χ3v) is 7.30. The Bertz CT molecular complexity index is 1600. The number of benzene rings is 3. The average Bonchev–Trinajstić information content (AvgIpc) is 2.86. The number of hydrogen-bond donors (Lipinski definition) is 1. The van der Waals surface area contributed by atoms with Crippen LogP contribution in [0.3, 0.4) is 0 Å². The van der Waals surface area contributed by atoms with E-state index in [2.05, 4.69) is 11.4 Å². The molecule has 0 aliphatic carbocycles. The molecule has 1 aromatic heterocycles. The summed E-state index contributed by atoms with van der Waals surface area (Å²) in [5, 5.41) is 15.9. The van der Waals surface area contributed by atoms with Gasteiger partial charge in [0.1, 0.15) is 6.04 Å². The second-order valence-corrected chi connectivity index (χ2v) is 9.58. The lowest BCUT2D eigenvalue weighted by Crippen LogP contribution is -2.87. The Balaban J connectivity index is 1.72. The van der Waals surface area contributed by atoms with Crippen LogP contribution in [0, 0.1) is 18.6 Å². The molecule has 2 N–H and O–H groups in total. The van der Waals surface area contributed by atoms with Gasteiger partial charge >= 0.3 is 0 Å². The minimum atomic E-state index is -0.668. The van der Waals surface area contributed by atoms with Gasteiger partial charge in [-0.3, -0.25) is 18.7 Å². The molecular formula is C29H27N3O3S. The van der Waals surface area contributed by atoms with Crippen LogP contribution in [0.2, 0.25) is 0 Å². The molecule has 3 aromatic carbocycles. The molecule has 1 atom stereocenters. The number of rotatable bonds is 5. The molecule has 0 fully saturated rings. The number of quaternary nitrogens is 1. The molecule has 6 nitrogen and oxygen atoms in total. The second kappa shape index (κ2) is 9.68. The number of Topliss-reactive ketones (excluding diaryl/α,β-unsaturated/α-hetero) is 1. The van der Waals surface area contributed by atoms with Crippen molar-refractivity contribution in [3.63, 3.8) is 0 Å². The monoisotopic (exact) mass is 497 g/mol. The van der Waals surface area contributed by atoms with E-state index in [9.17, 15) is 14.7 Å². The van der Waals surface area contributed by atoms with Gasteiger partial charge in [-0.1, -0.05) is 60.7 Å². The highest BCUT2D eigenvalue weighted by molar-refractivity contribution is 7.71. The van der Waals surface area contributed by atoms with Crippen LogP contribution in [0.15, 0.2) is 77.6 Å². The topological polar surface area (TPSA) is 83.7 Å². The normalized spacial score (nSPS) is 14.9. The third-order valence-electron chi connectivity index (χ3n) is 6.93. The maximum Gasteiger partial charge on any atom is 0.269 e. The zero-order valence-electron chi connectivity index (χ0n) is 20.2. The Kier molecular flexibility index (Phi) is 6.43. The van der Waals surface area contributed by atoms with E-state index in [1.165, 1.54) is 14.7 Å². The van der Waals surface area contributed by atoms with Crippen LogP contribution in [0.5, 0.6) is 5.88 Å². The van der Waals surface area contributed by atoms with Crippen LogP contribution in [0.4, 0.5) is 0 Å². The van der Waals surface area contributed by atoms with Crippen molar-refractivity contribution in [2.75, 3.05) is 6.54 Å². The molecule has 36 heavy (non-hydrogen) atoms. The van der Waals surface area contributed by atoms with E-state index in [0.29, 0.717) is 11.4 Å². The van der Waals surface area contributed by atoms with E-state index in [1.807, 2.05) is 68.4 Å². The number of nitrogens with zero attached hydrogens (tertiary/aromatic N) is 2. The highest BCUT2D eigenvalue weighted by atomic mass is 32.1. The van der Waals surface area contributed by atoms with Gasteiger partial charge in [0.25, 0.3) is 5.56 Å². The van der Waals surface area contributed by atoms with Crippen molar-refractivity contribution in [1.82, 2.24) is 9.13 Å². The summed E-state index contributed by atoms with van der Waals surface area (Å²) in [5.74, 6) is -1.14. The highest BCUT2D eigenvalue weighted by Gasteiger charge is 2.29. The second-order valence-electron chi connectivity index (χ2n) is 9.22. The molecule has 1 unspecified atom stereocenters. The van der Waals surface area contributed by atoms with Gasteiger partial charge in [-0.15, -0.1) is 0 Å². The van der Waals surface area contributed by atoms with Crippen molar-refractivity contribution in [3.05, 3.63) is 116 Å².